The lowest BCUT2D eigenvalue weighted by atomic mass is 10.0. The summed E-state index contributed by atoms with van der Waals surface area (Å²) in [4.78, 5) is 2.45. The van der Waals surface area contributed by atoms with Gasteiger partial charge < -0.3 is 14.4 Å². The van der Waals surface area contributed by atoms with E-state index < -0.39 is 0 Å². The molecule has 2 atom stereocenters. The molecule has 122 valence electrons. The van der Waals surface area contributed by atoms with Crippen molar-refractivity contribution in [2.24, 2.45) is 0 Å². The van der Waals surface area contributed by atoms with Gasteiger partial charge in [-0.3, -0.25) is 0 Å². The fourth-order valence-corrected chi connectivity index (χ4v) is 3.31. The molecule has 23 heavy (non-hydrogen) atoms. The van der Waals surface area contributed by atoms with E-state index in [0.717, 1.165) is 17.9 Å². The zero-order valence-corrected chi connectivity index (χ0v) is 13.9. The van der Waals surface area contributed by atoms with Crippen LogP contribution in [0.25, 0.3) is 0 Å². The van der Waals surface area contributed by atoms with Crippen LogP contribution in [0.4, 0.5) is 0 Å². The van der Waals surface area contributed by atoms with Crippen LogP contribution >= 0.6 is 0 Å². The maximum atomic E-state index is 6.38. The van der Waals surface area contributed by atoms with Crippen molar-refractivity contribution in [2.75, 3.05) is 20.7 Å². The number of hydrogen-bond donors (Lipinski definition) is 0. The fourth-order valence-electron chi connectivity index (χ4n) is 3.31. The van der Waals surface area contributed by atoms with Crippen molar-refractivity contribution < 1.29 is 9.47 Å². The number of para-hydroxylation sites is 2. The number of methoxy groups -OCH3 is 1. The smallest absolute Gasteiger partial charge is 0.162 e. The lowest BCUT2D eigenvalue weighted by molar-refractivity contribution is 0.147. The number of ether oxygens (including phenoxy) is 2. The highest BCUT2D eigenvalue weighted by molar-refractivity contribution is 5.40. The van der Waals surface area contributed by atoms with E-state index in [1.54, 1.807) is 7.11 Å². The first-order chi connectivity index (χ1) is 11.3. The van der Waals surface area contributed by atoms with Crippen molar-refractivity contribution in [3.8, 4) is 11.5 Å². The first-order valence-corrected chi connectivity index (χ1v) is 8.33. The van der Waals surface area contributed by atoms with Crippen LogP contribution in [0.5, 0.6) is 11.5 Å². The van der Waals surface area contributed by atoms with E-state index >= 15 is 0 Å². The summed E-state index contributed by atoms with van der Waals surface area (Å²) in [5.41, 5.74) is 1.22. The molecule has 0 saturated carbocycles. The summed E-state index contributed by atoms with van der Waals surface area (Å²) in [7, 11) is 3.90. The van der Waals surface area contributed by atoms with Crippen molar-refractivity contribution in [2.45, 2.75) is 31.4 Å². The van der Waals surface area contributed by atoms with Crippen molar-refractivity contribution in [1.82, 2.24) is 4.90 Å². The quantitative estimate of drug-likeness (QED) is 0.794. The van der Waals surface area contributed by atoms with Gasteiger partial charge in [-0.2, -0.15) is 0 Å². The summed E-state index contributed by atoms with van der Waals surface area (Å²) in [5.74, 6) is 1.60. The van der Waals surface area contributed by atoms with Crippen LogP contribution < -0.4 is 9.47 Å². The number of nitrogens with zero attached hydrogens (tertiary/aromatic N) is 1. The summed E-state index contributed by atoms with van der Waals surface area (Å²) in [6, 6.07) is 18.9. The third-order valence-corrected chi connectivity index (χ3v) is 4.67. The van der Waals surface area contributed by atoms with Gasteiger partial charge in [-0.25, -0.2) is 0 Å². The van der Waals surface area contributed by atoms with Gasteiger partial charge in [-0.05, 0) is 44.1 Å². The number of rotatable bonds is 6. The number of likely N-dealkylation sites (tertiary alicyclic amines) is 1. The fraction of sp³-hybridized carbons (Fsp3) is 0.400. The normalized spacial score (nSPS) is 19.5. The lowest BCUT2D eigenvalue weighted by Crippen LogP contribution is -2.28. The second kappa shape index (κ2) is 7.51. The minimum atomic E-state index is 0.0399. The maximum Gasteiger partial charge on any atom is 0.162 e. The van der Waals surface area contributed by atoms with Gasteiger partial charge in [0.05, 0.1) is 7.11 Å². The van der Waals surface area contributed by atoms with Crippen molar-refractivity contribution >= 4 is 0 Å². The number of benzene rings is 2. The van der Waals surface area contributed by atoms with Crippen LogP contribution in [0.2, 0.25) is 0 Å². The van der Waals surface area contributed by atoms with Gasteiger partial charge in [0.1, 0.15) is 6.10 Å². The molecule has 0 aromatic heterocycles. The van der Waals surface area contributed by atoms with E-state index in [-0.39, 0.29) is 6.10 Å². The number of hydrogen-bond acceptors (Lipinski definition) is 3. The van der Waals surface area contributed by atoms with Crippen molar-refractivity contribution in [3.63, 3.8) is 0 Å². The van der Waals surface area contributed by atoms with Gasteiger partial charge >= 0.3 is 0 Å². The molecular weight excluding hydrogens is 286 g/mol. The van der Waals surface area contributed by atoms with E-state index in [4.69, 9.17) is 9.47 Å². The van der Waals surface area contributed by atoms with Gasteiger partial charge in [0, 0.05) is 12.5 Å². The molecule has 3 rings (SSSR count). The molecule has 1 fully saturated rings. The third kappa shape index (κ3) is 3.85. The highest BCUT2D eigenvalue weighted by Crippen LogP contribution is 2.34. The molecule has 0 amide bonds. The van der Waals surface area contributed by atoms with E-state index in [9.17, 15) is 0 Å². The molecule has 2 aromatic rings. The predicted molar refractivity (Wildman–Crippen MR) is 93.1 cm³/mol. The van der Waals surface area contributed by atoms with Crippen molar-refractivity contribution in [1.29, 1.82) is 0 Å². The molecule has 3 nitrogen and oxygen atoms in total. The monoisotopic (exact) mass is 311 g/mol. The van der Waals surface area contributed by atoms with Gasteiger partial charge in [0.25, 0.3) is 0 Å². The van der Waals surface area contributed by atoms with Gasteiger partial charge in [-0.15, -0.1) is 0 Å². The Labute approximate surface area is 138 Å². The second-order valence-electron chi connectivity index (χ2n) is 6.18. The Morgan fingerprint density at radius 2 is 1.74 bits per heavy atom. The second-order valence-corrected chi connectivity index (χ2v) is 6.18. The molecule has 0 spiro atoms. The van der Waals surface area contributed by atoms with Crippen LogP contribution in [0, 0.1) is 0 Å². The maximum absolute atomic E-state index is 6.38. The summed E-state index contributed by atoms with van der Waals surface area (Å²) >= 11 is 0. The van der Waals surface area contributed by atoms with Crippen LogP contribution in [-0.2, 0) is 0 Å². The largest absolute Gasteiger partial charge is 0.493 e. The highest BCUT2D eigenvalue weighted by atomic mass is 16.5. The topological polar surface area (TPSA) is 21.7 Å². The molecule has 3 heteroatoms. The molecule has 0 aliphatic carbocycles. The minimum Gasteiger partial charge on any atom is -0.493 e. The molecule has 0 bridgehead atoms. The van der Waals surface area contributed by atoms with Crippen LogP contribution in [0.3, 0.4) is 0 Å². The Morgan fingerprint density at radius 1 is 1.04 bits per heavy atom. The molecule has 2 aromatic carbocycles. The van der Waals surface area contributed by atoms with E-state index in [1.807, 2.05) is 30.3 Å². The zero-order chi connectivity index (χ0) is 16.1. The van der Waals surface area contributed by atoms with E-state index in [2.05, 4.69) is 36.2 Å². The van der Waals surface area contributed by atoms with E-state index in [0.29, 0.717) is 6.04 Å². The Morgan fingerprint density at radius 3 is 2.39 bits per heavy atom. The molecular formula is C20H25NO2. The standard InChI is InChI=1S/C20H25NO2/c1-21-14-8-11-17(21)15-20(16-9-4-3-5-10-16)23-19-13-7-6-12-18(19)22-2/h3-7,9-10,12-13,17,20H,8,11,14-15H2,1-2H3. The Bertz CT molecular complexity index is 614. The average Bonchev–Trinajstić information content (AvgIpc) is 3.00. The molecule has 1 aliphatic heterocycles. The Hall–Kier alpha value is -2.00. The van der Waals surface area contributed by atoms with Gasteiger partial charge in [-0.1, -0.05) is 42.5 Å². The zero-order valence-electron chi connectivity index (χ0n) is 13.9. The molecule has 2 unspecified atom stereocenters. The van der Waals surface area contributed by atoms with Crippen molar-refractivity contribution in [3.05, 3.63) is 60.2 Å². The van der Waals surface area contributed by atoms with Gasteiger partial charge in [0.15, 0.2) is 11.5 Å². The molecule has 1 saturated heterocycles. The van der Waals surface area contributed by atoms with Crippen LogP contribution in [-0.4, -0.2) is 31.6 Å². The summed E-state index contributed by atoms with van der Waals surface area (Å²) in [6.45, 7) is 1.18. The molecule has 1 heterocycles. The highest BCUT2D eigenvalue weighted by Gasteiger charge is 2.26. The predicted octanol–water partition coefficient (Wildman–Crippen LogP) is 4.30. The first kappa shape index (κ1) is 15.9. The summed E-state index contributed by atoms with van der Waals surface area (Å²) in [6.07, 6.45) is 3.56. The first-order valence-electron chi connectivity index (χ1n) is 8.33. The molecule has 1 aliphatic rings. The molecule has 0 radical (unpaired) electrons. The van der Waals surface area contributed by atoms with Crippen LogP contribution in [0.15, 0.2) is 54.6 Å². The van der Waals surface area contributed by atoms with Crippen LogP contribution in [0.1, 0.15) is 30.9 Å². The molecule has 0 N–H and O–H groups in total. The Balaban J connectivity index is 1.83. The SMILES string of the molecule is COc1ccccc1OC(CC1CCCN1C)c1ccccc1. The van der Waals surface area contributed by atoms with Gasteiger partial charge in [0.2, 0.25) is 0 Å². The Kier molecular flexibility index (Phi) is 5.19. The summed E-state index contributed by atoms with van der Waals surface area (Å²) in [5, 5.41) is 0. The van der Waals surface area contributed by atoms with E-state index in [1.165, 1.54) is 24.9 Å². The summed E-state index contributed by atoms with van der Waals surface area (Å²) < 4.78 is 11.8. The minimum absolute atomic E-state index is 0.0399. The average molecular weight is 311 g/mol. The third-order valence-electron chi connectivity index (χ3n) is 4.67. The lowest BCUT2D eigenvalue weighted by Gasteiger charge is -2.27.